The number of esters is 1. The maximum Gasteiger partial charge on any atom is 0.329 e. The molecule has 1 heterocycles. The van der Waals surface area contributed by atoms with E-state index in [1.54, 1.807) is 12.1 Å². The van der Waals surface area contributed by atoms with Gasteiger partial charge in [0.2, 0.25) is 5.91 Å². The summed E-state index contributed by atoms with van der Waals surface area (Å²) in [5.41, 5.74) is 0.638. The van der Waals surface area contributed by atoms with Gasteiger partial charge in [-0.1, -0.05) is 0 Å². The average Bonchev–Trinajstić information content (AvgIpc) is 2.93. The number of hydrogen-bond donors (Lipinski definition) is 1. The molecule has 1 aromatic carbocycles. The number of methoxy groups -OCH3 is 4. The van der Waals surface area contributed by atoms with Gasteiger partial charge in [0, 0.05) is 30.0 Å². The first-order chi connectivity index (χ1) is 10.5. The predicted octanol–water partition coefficient (Wildman–Crippen LogP) is 0.857. The van der Waals surface area contributed by atoms with Crippen molar-refractivity contribution in [2.45, 2.75) is 18.4 Å². The number of amides is 1. The molecule has 0 unspecified atom stereocenters. The van der Waals surface area contributed by atoms with Gasteiger partial charge in [-0.3, -0.25) is 4.79 Å². The second-order valence-electron chi connectivity index (χ2n) is 4.82. The molecule has 1 aliphatic rings. The molecule has 1 saturated heterocycles. The average molecular weight is 309 g/mol. The lowest BCUT2D eigenvalue weighted by molar-refractivity contribution is -0.143. The summed E-state index contributed by atoms with van der Waals surface area (Å²) in [6.45, 7) is 0. The summed E-state index contributed by atoms with van der Waals surface area (Å²) in [7, 11) is 5.84. The second kappa shape index (κ2) is 6.55. The third kappa shape index (κ3) is 2.79. The minimum atomic E-state index is -0.770. The second-order valence-corrected chi connectivity index (χ2v) is 4.82. The minimum Gasteiger partial charge on any atom is -0.496 e. The first kappa shape index (κ1) is 15.9. The molecule has 22 heavy (non-hydrogen) atoms. The standard InChI is InChI=1S/C15H19NO6/c1-19-8-5-10(20-2)13(11(6-8)21-3)9-7-12(17)16-14(9)15(18)22-4/h5-6,9,14H,7H2,1-4H3,(H,16,17)/t9-,14-/m0/s1. The van der Waals surface area contributed by atoms with E-state index in [0.29, 0.717) is 22.8 Å². The van der Waals surface area contributed by atoms with Gasteiger partial charge >= 0.3 is 5.97 Å². The van der Waals surface area contributed by atoms with Gasteiger partial charge in [-0.25, -0.2) is 4.79 Å². The van der Waals surface area contributed by atoms with Crippen LogP contribution in [0.1, 0.15) is 17.9 Å². The van der Waals surface area contributed by atoms with E-state index in [9.17, 15) is 9.59 Å². The van der Waals surface area contributed by atoms with Crippen molar-refractivity contribution < 1.29 is 28.5 Å². The van der Waals surface area contributed by atoms with Gasteiger partial charge in [0.1, 0.15) is 23.3 Å². The Bertz CT molecular complexity index is 560. The quantitative estimate of drug-likeness (QED) is 0.812. The maximum atomic E-state index is 11.9. The summed E-state index contributed by atoms with van der Waals surface area (Å²) in [5.74, 6) is 0.384. The van der Waals surface area contributed by atoms with Gasteiger partial charge in [-0.05, 0) is 0 Å². The van der Waals surface area contributed by atoms with Crippen molar-refractivity contribution in [2.24, 2.45) is 0 Å². The number of rotatable bonds is 5. The Balaban J connectivity index is 2.53. The Kier molecular flexibility index (Phi) is 4.75. The molecule has 0 spiro atoms. The summed E-state index contributed by atoms with van der Waals surface area (Å²) >= 11 is 0. The van der Waals surface area contributed by atoms with Crippen LogP contribution in [0, 0.1) is 0 Å². The first-order valence-electron chi connectivity index (χ1n) is 6.72. The number of benzene rings is 1. The molecule has 1 N–H and O–H groups in total. The summed E-state index contributed by atoms with van der Waals surface area (Å²) in [6, 6.07) is 2.61. The number of ether oxygens (including phenoxy) is 4. The van der Waals surface area contributed by atoms with Gasteiger partial charge < -0.3 is 24.3 Å². The Morgan fingerprint density at radius 3 is 2.14 bits per heavy atom. The van der Waals surface area contributed by atoms with Gasteiger partial charge in [0.05, 0.1) is 28.4 Å². The van der Waals surface area contributed by atoms with E-state index in [1.165, 1.54) is 28.4 Å². The van der Waals surface area contributed by atoms with E-state index in [0.717, 1.165) is 0 Å². The number of nitrogens with one attached hydrogen (secondary N) is 1. The van der Waals surface area contributed by atoms with Gasteiger partial charge in [-0.2, -0.15) is 0 Å². The molecule has 2 rings (SSSR count). The topological polar surface area (TPSA) is 83.1 Å². The fourth-order valence-corrected chi connectivity index (χ4v) is 2.67. The lowest BCUT2D eigenvalue weighted by atomic mass is 9.90. The Labute approximate surface area is 128 Å². The SMILES string of the molecule is COC(=O)[C@H]1NC(=O)C[C@H]1c1c(OC)cc(OC)cc1OC. The van der Waals surface area contributed by atoms with E-state index in [1.807, 2.05) is 0 Å². The van der Waals surface area contributed by atoms with Crippen LogP contribution in [0.25, 0.3) is 0 Å². The third-order valence-corrected chi connectivity index (χ3v) is 3.70. The fourth-order valence-electron chi connectivity index (χ4n) is 2.67. The van der Waals surface area contributed by atoms with Gasteiger partial charge in [0.25, 0.3) is 0 Å². The van der Waals surface area contributed by atoms with Crippen LogP contribution in [0.2, 0.25) is 0 Å². The maximum absolute atomic E-state index is 11.9. The highest BCUT2D eigenvalue weighted by Gasteiger charge is 2.42. The molecule has 0 aliphatic carbocycles. The molecule has 2 atom stereocenters. The Morgan fingerprint density at radius 1 is 1.09 bits per heavy atom. The van der Waals surface area contributed by atoms with E-state index in [-0.39, 0.29) is 12.3 Å². The van der Waals surface area contributed by atoms with Crippen molar-refractivity contribution in [2.75, 3.05) is 28.4 Å². The minimum absolute atomic E-state index is 0.152. The molecule has 7 nitrogen and oxygen atoms in total. The van der Waals surface area contributed by atoms with Crippen LogP contribution in [0.15, 0.2) is 12.1 Å². The van der Waals surface area contributed by atoms with Crippen LogP contribution < -0.4 is 19.5 Å². The summed E-state index contributed by atoms with van der Waals surface area (Å²) < 4.78 is 20.7. The summed E-state index contributed by atoms with van der Waals surface area (Å²) in [5, 5.41) is 2.63. The highest BCUT2D eigenvalue weighted by atomic mass is 16.5. The smallest absolute Gasteiger partial charge is 0.329 e. The van der Waals surface area contributed by atoms with Crippen molar-refractivity contribution in [1.29, 1.82) is 0 Å². The van der Waals surface area contributed by atoms with E-state index in [2.05, 4.69) is 5.32 Å². The van der Waals surface area contributed by atoms with E-state index < -0.39 is 17.9 Å². The van der Waals surface area contributed by atoms with Crippen LogP contribution >= 0.6 is 0 Å². The third-order valence-electron chi connectivity index (χ3n) is 3.70. The highest BCUT2D eigenvalue weighted by molar-refractivity contribution is 5.90. The van der Waals surface area contributed by atoms with Crippen LogP contribution in [0.4, 0.5) is 0 Å². The molecule has 0 aromatic heterocycles. The normalized spacial score (nSPS) is 20.3. The summed E-state index contributed by atoms with van der Waals surface area (Å²) in [4.78, 5) is 23.7. The molecule has 1 amide bonds. The molecule has 120 valence electrons. The van der Waals surface area contributed by atoms with Crippen LogP contribution in [0.3, 0.4) is 0 Å². The zero-order chi connectivity index (χ0) is 16.3. The molecule has 0 radical (unpaired) electrons. The van der Waals surface area contributed by atoms with Crippen molar-refractivity contribution in [3.63, 3.8) is 0 Å². The zero-order valence-electron chi connectivity index (χ0n) is 13.0. The van der Waals surface area contributed by atoms with Gasteiger partial charge in [0.15, 0.2) is 0 Å². The fraction of sp³-hybridized carbons (Fsp3) is 0.467. The largest absolute Gasteiger partial charge is 0.496 e. The number of carbonyl (C=O) groups excluding carboxylic acids is 2. The summed E-state index contributed by atoms with van der Waals surface area (Å²) in [6.07, 6.45) is 0.152. The molecule has 0 bridgehead atoms. The lowest BCUT2D eigenvalue weighted by Crippen LogP contribution is -2.37. The molecule has 1 aliphatic heterocycles. The van der Waals surface area contributed by atoms with Crippen molar-refractivity contribution in [3.05, 3.63) is 17.7 Å². The molecule has 7 heteroatoms. The lowest BCUT2D eigenvalue weighted by Gasteiger charge is -2.22. The number of carbonyl (C=O) groups is 2. The van der Waals surface area contributed by atoms with Crippen molar-refractivity contribution in [1.82, 2.24) is 5.32 Å². The van der Waals surface area contributed by atoms with E-state index in [4.69, 9.17) is 18.9 Å². The van der Waals surface area contributed by atoms with Crippen LogP contribution in [-0.2, 0) is 14.3 Å². The molecular weight excluding hydrogens is 290 g/mol. The van der Waals surface area contributed by atoms with Crippen LogP contribution in [0.5, 0.6) is 17.2 Å². The first-order valence-corrected chi connectivity index (χ1v) is 6.72. The van der Waals surface area contributed by atoms with Crippen LogP contribution in [-0.4, -0.2) is 46.4 Å². The monoisotopic (exact) mass is 309 g/mol. The van der Waals surface area contributed by atoms with Gasteiger partial charge in [-0.15, -0.1) is 0 Å². The molecule has 1 aromatic rings. The molecule has 1 fully saturated rings. The van der Waals surface area contributed by atoms with Crippen molar-refractivity contribution in [3.8, 4) is 17.2 Å². The Morgan fingerprint density at radius 2 is 1.68 bits per heavy atom. The number of hydrogen-bond acceptors (Lipinski definition) is 6. The predicted molar refractivity (Wildman–Crippen MR) is 77.4 cm³/mol. The Hall–Kier alpha value is -2.44. The molecular formula is C15H19NO6. The van der Waals surface area contributed by atoms with Crippen molar-refractivity contribution >= 4 is 11.9 Å². The highest BCUT2D eigenvalue weighted by Crippen LogP contribution is 2.43. The zero-order valence-corrected chi connectivity index (χ0v) is 13.0. The van der Waals surface area contributed by atoms with E-state index >= 15 is 0 Å². The molecule has 0 saturated carbocycles.